The lowest BCUT2D eigenvalue weighted by Gasteiger charge is -2.16. The fourth-order valence-corrected chi connectivity index (χ4v) is 5.44. The summed E-state index contributed by atoms with van der Waals surface area (Å²) < 4.78 is 5.34. The predicted octanol–water partition coefficient (Wildman–Crippen LogP) is 4.81. The van der Waals surface area contributed by atoms with E-state index in [-0.39, 0.29) is 5.97 Å². The van der Waals surface area contributed by atoms with E-state index in [4.69, 9.17) is 17.0 Å². The van der Waals surface area contributed by atoms with Gasteiger partial charge in [-0.05, 0) is 63.2 Å². The predicted molar refractivity (Wildman–Crippen MR) is 108 cm³/mol. The van der Waals surface area contributed by atoms with Crippen LogP contribution in [0.3, 0.4) is 0 Å². The van der Waals surface area contributed by atoms with Gasteiger partial charge in [-0.25, -0.2) is 4.79 Å². The van der Waals surface area contributed by atoms with Gasteiger partial charge in [-0.2, -0.15) is 0 Å². The van der Waals surface area contributed by atoms with Gasteiger partial charge in [0, 0.05) is 10.9 Å². The van der Waals surface area contributed by atoms with Gasteiger partial charge in [0.15, 0.2) is 5.11 Å². The van der Waals surface area contributed by atoms with Gasteiger partial charge in [0.1, 0.15) is 5.00 Å². The molecule has 1 heterocycles. The maximum absolute atomic E-state index is 12.6. The van der Waals surface area contributed by atoms with Crippen molar-refractivity contribution in [3.63, 3.8) is 0 Å². The minimum absolute atomic E-state index is 0.216. The number of anilines is 1. The largest absolute Gasteiger partial charge is 0.462 e. The molecular formula is C19H28N2O2S2. The first kappa shape index (κ1) is 18.6. The smallest absolute Gasteiger partial charge is 0.341 e. The van der Waals surface area contributed by atoms with Crippen LogP contribution in [0, 0.1) is 0 Å². The maximum Gasteiger partial charge on any atom is 0.341 e. The van der Waals surface area contributed by atoms with E-state index in [0.29, 0.717) is 17.8 Å². The van der Waals surface area contributed by atoms with E-state index >= 15 is 0 Å². The first-order chi connectivity index (χ1) is 12.2. The summed E-state index contributed by atoms with van der Waals surface area (Å²) in [6.07, 6.45) is 11.7. The van der Waals surface area contributed by atoms with Gasteiger partial charge < -0.3 is 15.4 Å². The summed E-state index contributed by atoms with van der Waals surface area (Å²) in [4.78, 5) is 13.9. The molecule has 4 nitrogen and oxygen atoms in total. The first-order valence-corrected chi connectivity index (χ1v) is 10.8. The van der Waals surface area contributed by atoms with Crippen LogP contribution in [-0.2, 0) is 17.6 Å². The van der Waals surface area contributed by atoms with E-state index in [9.17, 15) is 4.79 Å². The van der Waals surface area contributed by atoms with Crippen molar-refractivity contribution in [3.05, 3.63) is 16.0 Å². The van der Waals surface area contributed by atoms with Crippen LogP contribution in [0.5, 0.6) is 0 Å². The molecule has 1 aromatic rings. The van der Waals surface area contributed by atoms with E-state index < -0.39 is 0 Å². The zero-order chi connectivity index (χ0) is 17.6. The second-order valence-corrected chi connectivity index (χ2v) is 8.44. The Labute approximate surface area is 159 Å². The zero-order valence-electron chi connectivity index (χ0n) is 15.0. The highest BCUT2D eigenvalue weighted by Crippen LogP contribution is 2.37. The number of thiophene rings is 1. The number of carbonyl (C=O) groups excluding carboxylic acids is 1. The number of fused-ring (bicyclic) bond motifs is 1. The minimum atomic E-state index is -0.216. The number of thiocarbonyl (C=S) groups is 1. The Balaban J connectivity index is 1.81. The van der Waals surface area contributed by atoms with Gasteiger partial charge in [-0.15, -0.1) is 11.3 Å². The molecule has 0 saturated heterocycles. The van der Waals surface area contributed by atoms with Gasteiger partial charge >= 0.3 is 5.97 Å². The van der Waals surface area contributed by atoms with Crippen LogP contribution < -0.4 is 10.6 Å². The van der Waals surface area contributed by atoms with Gasteiger partial charge in [0.2, 0.25) is 0 Å². The summed E-state index contributed by atoms with van der Waals surface area (Å²) in [5, 5.41) is 8.21. The van der Waals surface area contributed by atoms with Gasteiger partial charge in [0.05, 0.1) is 12.2 Å². The maximum atomic E-state index is 12.6. The Morgan fingerprint density at radius 3 is 2.60 bits per heavy atom. The Hall–Kier alpha value is -1.14. The Morgan fingerprint density at radius 2 is 1.88 bits per heavy atom. The molecule has 0 aliphatic heterocycles. The molecule has 0 radical (unpaired) electrons. The van der Waals surface area contributed by atoms with Gasteiger partial charge in [-0.1, -0.05) is 25.7 Å². The van der Waals surface area contributed by atoms with Crippen molar-refractivity contribution in [1.29, 1.82) is 0 Å². The van der Waals surface area contributed by atoms with Crippen LogP contribution in [0.2, 0.25) is 0 Å². The van der Waals surface area contributed by atoms with E-state index in [0.717, 1.165) is 29.8 Å². The van der Waals surface area contributed by atoms with E-state index in [2.05, 4.69) is 10.6 Å². The fraction of sp³-hybridized carbons (Fsp3) is 0.684. The number of ether oxygens (including phenoxy) is 1. The van der Waals surface area contributed by atoms with Crippen LogP contribution in [-0.4, -0.2) is 23.7 Å². The number of rotatable bonds is 4. The van der Waals surface area contributed by atoms with Crippen LogP contribution in [0.1, 0.15) is 79.1 Å². The molecule has 3 rings (SSSR count). The molecule has 0 spiro atoms. The molecule has 138 valence electrons. The molecule has 6 heteroatoms. The molecule has 2 aliphatic carbocycles. The number of carbonyl (C=O) groups is 1. The van der Waals surface area contributed by atoms with Crippen LogP contribution in [0.25, 0.3) is 0 Å². The summed E-state index contributed by atoms with van der Waals surface area (Å²) in [5.74, 6) is -0.216. The molecule has 0 bridgehead atoms. The van der Waals surface area contributed by atoms with Crippen molar-refractivity contribution in [3.8, 4) is 0 Å². The number of hydrogen-bond donors (Lipinski definition) is 2. The van der Waals surface area contributed by atoms with Crippen LogP contribution >= 0.6 is 23.6 Å². The average molecular weight is 381 g/mol. The second kappa shape index (κ2) is 8.99. The van der Waals surface area contributed by atoms with E-state index in [1.54, 1.807) is 11.3 Å². The highest BCUT2D eigenvalue weighted by molar-refractivity contribution is 7.80. The summed E-state index contributed by atoms with van der Waals surface area (Å²) >= 11 is 7.20. The SMILES string of the molecule is CCOC(=O)c1c(NC(=S)NC2CCCC2)sc2c1CCCCCC2. The van der Waals surface area contributed by atoms with Crippen molar-refractivity contribution in [2.24, 2.45) is 0 Å². The first-order valence-electron chi connectivity index (χ1n) is 9.58. The summed E-state index contributed by atoms with van der Waals surface area (Å²) in [6.45, 7) is 2.25. The van der Waals surface area contributed by atoms with Crippen molar-refractivity contribution in [1.82, 2.24) is 5.32 Å². The second-order valence-electron chi connectivity index (χ2n) is 6.92. The Bertz CT molecular complexity index is 621. The molecule has 25 heavy (non-hydrogen) atoms. The minimum Gasteiger partial charge on any atom is -0.462 e. The third kappa shape index (κ3) is 4.73. The molecule has 0 aromatic carbocycles. The molecule has 1 fully saturated rings. The molecule has 0 atom stereocenters. The molecule has 1 saturated carbocycles. The third-order valence-electron chi connectivity index (χ3n) is 5.07. The van der Waals surface area contributed by atoms with Crippen molar-refractivity contribution < 1.29 is 9.53 Å². The summed E-state index contributed by atoms with van der Waals surface area (Å²) in [5.41, 5.74) is 1.91. The molecule has 0 amide bonds. The molecule has 2 aliphatic rings. The zero-order valence-corrected chi connectivity index (χ0v) is 16.6. The van der Waals surface area contributed by atoms with Crippen LogP contribution in [0.15, 0.2) is 0 Å². The monoisotopic (exact) mass is 380 g/mol. The normalized spacial score (nSPS) is 18.1. The van der Waals surface area contributed by atoms with E-state index in [1.165, 1.54) is 55.4 Å². The molecule has 1 aromatic heterocycles. The van der Waals surface area contributed by atoms with Crippen LogP contribution in [0.4, 0.5) is 5.00 Å². The topological polar surface area (TPSA) is 50.4 Å². The van der Waals surface area contributed by atoms with Gasteiger partial charge in [0.25, 0.3) is 0 Å². The van der Waals surface area contributed by atoms with E-state index in [1.807, 2.05) is 6.92 Å². The number of hydrogen-bond acceptors (Lipinski definition) is 4. The lowest BCUT2D eigenvalue weighted by atomic mass is 9.96. The molecule has 2 N–H and O–H groups in total. The third-order valence-corrected chi connectivity index (χ3v) is 6.50. The average Bonchev–Trinajstić information content (AvgIpc) is 3.16. The summed E-state index contributed by atoms with van der Waals surface area (Å²) in [7, 11) is 0. The Morgan fingerprint density at radius 1 is 1.16 bits per heavy atom. The number of esters is 1. The molecule has 0 unspecified atom stereocenters. The standard InChI is InChI=1S/C19H28N2O2S2/c1-2-23-18(22)16-14-11-5-3-4-6-12-15(14)25-17(16)21-19(24)20-13-9-7-8-10-13/h13H,2-12H2,1H3,(H2,20,21,24). The van der Waals surface area contributed by atoms with Gasteiger partial charge in [-0.3, -0.25) is 0 Å². The lowest BCUT2D eigenvalue weighted by Crippen LogP contribution is -2.36. The number of nitrogens with one attached hydrogen (secondary N) is 2. The lowest BCUT2D eigenvalue weighted by molar-refractivity contribution is 0.0526. The van der Waals surface area contributed by atoms with Crippen molar-refractivity contribution in [2.45, 2.75) is 77.2 Å². The van der Waals surface area contributed by atoms with Crippen molar-refractivity contribution in [2.75, 3.05) is 11.9 Å². The fourth-order valence-electron chi connectivity index (χ4n) is 3.82. The van der Waals surface area contributed by atoms with Crippen molar-refractivity contribution >= 4 is 39.6 Å². The quantitative estimate of drug-likeness (QED) is 0.580. The summed E-state index contributed by atoms with van der Waals surface area (Å²) in [6, 6.07) is 0.465. The number of aryl methyl sites for hydroxylation is 1. The highest BCUT2D eigenvalue weighted by atomic mass is 32.1. The highest BCUT2D eigenvalue weighted by Gasteiger charge is 2.26. The molecular weight excluding hydrogens is 352 g/mol. The Kier molecular flexibility index (Phi) is 6.70.